The first-order valence-electron chi connectivity index (χ1n) is 6.77. The molecule has 1 aromatic rings. The Balaban J connectivity index is 2.61. The van der Waals surface area contributed by atoms with Crippen molar-refractivity contribution in [2.75, 3.05) is 6.54 Å². The molecule has 0 aliphatic carbocycles. The van der Waals surface area contributed by atoms with Crippen molar-refractivity contribution in [3.63, 3.8) is 0 Å². The van der Waals surface area contributed by atoms with Gasteiger partial charge >= 0.3 is 6.18 Å². The number of alkyl halides is 3. The van der Waals surface area contributed by atoms with Gasteiger partial charge in [-0.1, -0.05) is 18.9 Å². The number of carbonyl (C=O) groups is 1. The van der Waals surface area contributed by atoms with E-state index in [0.29, 0.717) is 24.1 Å². The minimum atomic E-state index is -4.37. The van der Waals surface area contributed by atoms with E-state index in [1.807, 2.05) is 0 Å². The normalized spacial score (nSPS) is 11.7. The first-order chi connectivity index (χ1) is 9.36. The number of unbranched alkanes of at least 4 members (excludes halogenated alkanes) is 3. The SMILES string of the molecule is Cc1cc(C(F)(F)F)ccc1C(=O)CCCCCCN. The van der Waals surface area contributed by atoms with E-state index in [0.717, 1.165) is 37.8 Å². The molecule has 0 aliphatic heterocycles. The maximum absolute atomic E-state index is 12.5. The number of Topliss-reactive ketones (excluding diaryl/α,β-unsaturated/α-hetero) is 1. The van der Waals surface area contributed by atoms with E-state index < -0.39 is 11.7 Å². The Hall–Kier alpha value is -1.36. The molecule has 0 saturated heterocycles. The number of carbonyl (C=O) groups excluding carboxylic acids is 1. The first-order valence-corrected chi connectivity index (χ1v) is 6.77. The highest BCUT2D eigenvalue weighted by Gasteiger charge is 2.30. The van der Waals surface area contributed by atoms with Gasteiger partial charge in [-0.15, -0.1) is 0 Å². The van der Waals surface area contributed by atoms with Crippen LogP contribution in [0.2, 0.25) is 0 Å². The third-order valence-electron chi connectivity index (χ3n) is 3.21. The standard InChI is InChI=1S/C15H20F3NO/c1-11-10-12(15(16,17)18)7-8-13(11)14(20)6-4-2-3-5-9-19/h7-8,10H,2-6,9,19H2,1H3. The van der Waals surface area contributed by atoms with Crippen molar-refractivity contribution in [3.05, 3.63) is 34.9 Å². The van der Waals surface area contributed by atoms with Gasteiger partial charge in [0.2, 0.25) is 0 Å². The van der Waals surface area contributed by atoms with Gasteiger partial charge in [-0.3, -0.25) is 4.79 Å². The number of benzene rings is 1. The maximum Gasteiger partial charge on any atom is 0.416 e. The van der Waals surface area contributed by atoms with E-state index >= 15 is 0 Å². The summed E-state index contributed by atoms with van der Waals surface area (Å²) in [6.07, 6.45) is -0.406. The van der Waals surface area contributed by atoms with Crippen molar-refractivity contribution >= 4 is 5.78 Å². The molecule has 0 heterocycles. The quantitative estimate of drug-likeness (QED) is 0.606. The molecule has 1 rings (SSSR count). The van der Waals surface area contributed by atoms with Gasteiger partial charge in [0.25, 0.3) is 0 Å². The Labute approximate surface area is 117 Å². The molecule has 2 N–H and O–H groups in total. The lowest BCUT2D eigenvalue weighted by Crippen LogP contribution is -2.08. The van der Waals surface area contributed by atoms with Crippen molar-refractivity contribution in [1.82, 2.24) is 0 Å². The summed E-state index contributed by atoms with van der Waals surface area (Å²) < 4.78 is 37.6. The molecular weight excluding hydrogens is 267 g/mol. The van der Waals surface area contributed by atoms with Gasteiger partial charge in [0.15, 0.2) is 5.78 Å². The zero-order valence-corrected chi connectivity index (χ0v) is 11.6. The predicted molar refractivity (Wildman–Crippen MR) is 72.7 cm³/mol. The molecule has 0 unspecified atom stereocenters. The van der Waals surface area contributed by atoms with Gasteiger partial charge < -0.3 is 5.73 Å². The fourth-order valence-electron chi connectivity index (χ4n) is 2.07. The van der Waals surface area contributed by atoms with Crippen LogP contribution in [0.5, 0.6) is 0 Å². The molecule has 1 aromatic carbocycles. The minimum Gasteiger partial charge on any atom is -0.330 e. The number of halogens is 3. The molecule has 0 fully saturated rings. The van der Waals surface area contributed by atoms with E-state index in [-0.39, 0.29) is 5.78 Å². The Morgan fingerprint density at radius 3 is 2.35 bits per heavy atom. The summed E-state index contributed by atoms with van der Waals surface area (Å²) in [7, 11) is 0. The molecular formula is C15H20F3NO. The fraction of sp³-hybridized carbons (Fsp3) is 0.533. The van der Waals surface area contributed by atoms with Gasteiger partial charge in [0.1, 0.15) is 0 Å². The van der Waals surface area contributed by atoms with Gasteiger partial charge in [-0.2, -0.15) is 13.2 Å². The van der Waals surface area contributed by atoms with Gasteiger partial charge in [0.05, 0.1) is 5.56 Å². The zero-order valence-electron chi connectivity index (χ0n) is 11.6. The summed E-state index contributed by atoms with van der Waals surface area (Å²) in [6.45, 7) is 2.18. The number of aryl methyl sites for hydroxylation is 1. The molecule has 0 aromatic heterocycles. The van der Waals surface area contributed by atoms with Crippen LogP contribution >= 0.6 is 0 Å². The summed E-state index contributed by atoms with van der Waals surface area (Å²) in [5, 5.41) is 0. The van der Waals surface area contributed by atoms with Crippen molar-refractivity contribution in [1.29, 1.82) is 0 Å². The Bertz CT molecular complexity index is 455. The van der Waals surface area contributed by atoms with Crippen LogP contribution in [0, 0.1) is 6.92 Å². The Morgan fingerprint density at radius 2 is 1.80 bits per heavy atom. The highest BCUT2D eigenvalue weighted by molar-refractivity contribution is 5.97. The van der Waals surface area contributed by atoms with E-state index in [1.54, 1.807) is 0 Å². The van der Waals surface area contributed by atoms with E-state index in [2.05, 4.69) is 0 Å². The molecule has 2 nitrogen and oxygen atoms in total. The van der Waals surface area contributed by atoms with Crippen LogP contribution in [0.3, 0.4) is 0 Å². The summed E-state index contributed by atoms with van der Waals surface area (Å²) in [6, 6.07) is 3.27. The highest BCUT2D eigenvalue weighted by atomic mass is 19.4. The lowest BCUT2D eigenvalue weighted by atomic mass is 9.98. The Kier molecular flexibility index (Phi) is 6.20. The number of nitrogens with two attached hydrogens (primary N) is 1. The van der Waals surface area contributed by atoms with Gasteiger partial charge in [0, 0.05) is 12.0 Å². The van der Waals surface area contributed by atoms with Crippen molar-refractivity contribution in [2.24, 2.45) is 5.73 Å². The number of hydrogen-bond acceptors (Lipinski definition) is 2. The van der Waals surface area contributed by atoms with Crippen LogP contribution in [-0.2, 0) is 6.18 Å². The fourth-order valence-corrected chi connectivity index (χ4v) is 2.07. The van der Waals surface area contributed by atoms with Gasteiger partial charge in [-0.25, -0.2) is 0 Å². The van der Waals surface area contributed by atoms with Crippen LogP contribution in [0.25, 0.3) is 0 Å². The first kappa shape index (κ1) is 16.7. The Morgan fingerprint density at radius 1 is 1.15 bits per heavy atom. The molecule has 0 amide bonds. The molecule has 0 atom stereocenters. The highest BCUT2D eigenvalue weighted by Crippen LogP contribution is 2.30. The van der Waals surface area contributed by atoms with Crippen LogP contribution in [-0.4, -0.2) is 12.3 Å². The van der Waals surface area contributed by atoms with Crippen molar-refractivity contribution in [2.45, 2.75) is 45.2 Å². The monoisotopic (exact) mass is 287 g/mol. The smallest absolute Gasteiger partial charge is 0.330 e. The molecule has 0 radical (unpaired) electrons. The summed E-state index contributed by atoms with van der Waals surface area (Å²) >= 11 is 0. The molecule has 0 bridgehead atoms. The van der Waals surface area contributed by atoms with E-state index in [4.69, 9.17) is 5.73 Å². The van der Waals surface area contributed by atoms with Crippen LogP contribution in [0.4, 0.5) is 13.2 Å². The number of hydrogen-bond donors (Lipinski definition) is 1. The molecule has 0 aliphatic rings. The molecule has 20 heavy (non-hydrogen) atoms. The lowest BCUT2D eigenvalue weighted by molar-refractivity contribution is -0.137. The average molecular weight is 287 g/mol. The largest absolute Gasteiger partial charge is 0.416 e. The molecule has 5 heteroatoms. The van der Waals surface area contributed by atoms with Crippen LogP contribution in [0.15, 0.2) is 18.2 Å². The summed E-state index contributed by atoms with van der Waals surface area (Å²) in [5.41, 5.74) is 5.43. The third-order valence-corrected chi connectivity index (χ3v) is 3.21. The van der Waals surface area contributed by atoms with Crippen LogP contribution < -0.4 is 5.73 Å². The lowest BCUT2D eigenvalue weighted by Gasteiger charge is -2.10. The molecule has 112 valence electrons. The number of rotatable bonds is 7. The van der Waals surface area contributed by atoms with E-state index in [1.165, 1.54) is 13.0 Å². The second-order valence-electron chi connectivity index (χ2n) is 4.90. The third kappa shape index (κ3) is 4.96. The van der Waals surface area contributed by atoms with Crippen molar-refractivity contribution in [3.8, 4) is 0 Å². The van der Waals surface area contributed by atoms with Gasteiger partial charge in [-0.05, 0) is 44.0 Å². The average Bonchev–Trinajstić information content (AvgIpc) is 2.37. The molecule has 0 spiro atoms. The second kappa shape index (κ2) is 7.43. The maximum atomic E-state index is 12.5. The molecule has 0 saturated carbocycles. The zero-order chi connectivity index (χ0) is 15.2. The minimum absolute atomic E-state index is 0.0935. The predicted octanol–water partition coefficient (Wildman–Crippen LogP) is 4.11. The number of ketones is 1. The van der Waals surface area contributed by atoms with E-state index in [9.17, 15) is 18.0 Å². The van der Waals surface area contributed by atoms with Crippen molar-refractivity contribution < 1.29 is 18.0 Å². The van der Waals surface area contributed by atoms with Crippen LogP contribution in [0.1, 0.15) is 53.6 Å². The summed E-state index contributed by atoms with van der Waals surface area (Å²) in [4.78, 5) is 12.0. The second-order valence-corrected chi connectivity index (χ2v) is 4.90. The summed E-state index contributed by atoms with van der Waals surface area (Å²) in [5.74, 6) is -0.0935. The topological polar surface area (TPSA) is 43.1 Å².